The maximum atomic E-state index is 5.88. The molecule has 0 bridgehead atoms. The van der Waals surface area contributed by atoms with Gasteiger partial charge in [-0.1, -0.05) is 29.8 Å². The van der Waals surface area contributed by atoms with E-state index in [0.717, 1.165) is 5.75 Å². The number of anilines is 1. The summed E-state index contributed by atoms with van der Waals surface area (Å²) in [5.74, 6) is 0.934. The van der Waals surface area contributed by atoms with Crippen LogP contribution in [0.3, 0.4) is 0 Å². The van der Waals surface area contributed by atoms with E-state index in [9.17, 15) is 0 Å². The molecule has 2 nitrogen and oxygen atoms in total. The van der Waals surface area contributed by atoms with Crippen LogP contribution >= 0.6 is 0 Å². The van der Waals surface area contributed by atoms with E-state index in [0.29, 0.717) is 18.7 Å². The largest absolute Gasteiger partial charge is 0.489 e. The second kappa shape index (κ2) is 6.43. The normalized spacial score (nSPS) is 21.1. The molecular weight excluding hydrogens is 270 g/mol. The van der Waals surface area contributed by atoms with Gasteiger partial charge in [0.1, 0.15) is 12.4 Å². The van der Waals surface area contributed by atoms with Crippen molar-refractivity contribution in [1.82, 2.24) is 0 Å². The monoisotopic (exact) mass is 295 g/mol. The highest BCUT2D eigenvalue weighted by Crippen LogP contribution is 2.31. The summed E-state index contributed by atoms with van der Waals surface area (Å²) in [6.45, 7) is 7.34. The molecule has 22 heavy (non-hydrogen) atoms. The van der Waals surface area contributed by atoms with Crippen LogP contribution < -0.4 is 9.64 Å². The molecule has 1 fully saturated rings. The Kier molecular flexibility index (Phi) is 4.37. The Morgan fingerprint density at radius 2 is 1.50 bits per heavy atom. The highest BCUT2D eigenvalue weighted by Gasteiger charge is 2.27. The van der Waals surface area contributed by atoms with Gasteiger partial charge in [0.2, 0.25) is 0 Å². The zero-order valence-corrected chi connectivity index (χ0v) is 13.8. The van der Waals surface area contributed by atoms with E-state index in [2.05, 4.69) is 74.2 Å². The lowest BCUT2D eigenvalue weighted by atomic mass is 10.2. The Labute approximate surface area is 133 Å². The first-order chi connectivity index (χ1) is 10.6. The van der Waals surface area contributed by atoms with Crippen LogP contribution in [-0.4, -0.2) is 12.1 Å². The predicted molar refractivity (Wildman–Crippen MR) is 92.6 cm³/mol. The van der Waals surface area contributed by atoms with Crippen molar-refractivity contribution in [2.24, 2.45) is 0 Å². The minimum absolute atomic E-state index is 0.621. The van der Waals surface area contributed by atoms with Crippen LogP contribution in [0, 0.1) is 6.92 Å². The summed E-state index contributed by atoms with van der Waals surface area (Å²) in [4.78, 5) is 2.52. The molecule has 116 valence electrons. The predicted octanol–water partition coefficient (Wildman–Crippen LogP) is 4.95. The highest BCUT2D eigenvalue weighted by molar-refractivity contribution is 5.51. The molecule has 1 aliphatic rings. The van der Waals surface area contributed by atoms with Crippen molar-refractivity contribution in [1.29, 1.82) is 0 Å². The van der Waals surface area contributed by atoms with E-state index in [4.69, 9.17) is 4.74 Å². The van der Waals surface area contributed by atoms with E-state index in [1.165, 1.54) is 29.7 Å². The Hall–Kier alpha value is -1.96. The maximum Gasteiger partial charge on any atom is 0.119 e. The molecule has 0 aromatic heterocycles. The van der Waals surface area contributed by atoms with E-state index in [-0.39, 0.29) is 0 Å². The molecule has 1 heterocycles. The molecule has 3 rings (SSSR count). The van der Waals surface area contributed by atoms with Crippen LogP contribution in [0.1, 0.15) is 37.8 Å². The lowest BCUT2D eigenvalue weighted by Crippen LogP contribution is -2.32. The molecule has 2 aromatic rings. The van der Waals surface area contributed by atoms with Gasteiger partial charge in [-0.3, -0.25) is 0 Å². The van der Waals surface area contributed by atoms with Crippen molar-refractivity contribution in [3.8, 4) is 5.75 Å². The molecule has 2 aromatic carbocycles. The van der Waals surface area contributed by atoms with Crippen molar-refractivity contribution in [3.05, 3.63) is 59.7 Å². The van der Waals surface area contributed by atoms with Crippen molar-refractivity contribution in [3.63, 3.8) is 0 Å². The summed E-state index contributed by atoms with van der Waals surface area (Å²) in [6, 6.07) is 18.3. The standard InChI is InChI=1S/C20H25NO/c1-15-4-8-18(9-5-15)14-22-20-12-10-19(11-13-20)21-16(2)6-7-17(21)3/h4-5,8-13,16-17H,6-7,14H2,1-3H3. The number of aryl methyl sites for hydroxylation is 1. The topological polar surface area (TPSA) is 12.5 Å². The molecule has 0 saturated carbocycles. The number of ether oxygens (including phenoxy) is 1. The number of benzene rings is 2. The minimum Gasteiger partial charge on any atom is -0.489 e. The lowest BCUT2D eigenvalue weighted by Gasteiger charge is -2.28. The van der Waals surface area contributed by atoms with Crippen LogP contribution in [-0.2, 0) is 6.61 Å². The average molecular weight is 295 g/mol. The first-order valence-corrected chi connectivity index (χ1v) is 8.20. The molecule has 0 aliphatic carbocycles. The molecule has 0 spiro atoms. The Balaban J connectivity index is 1.63. The van der Waals surface area contributed by atoms with Crippen molar-refractivity contribution in [2.45, 2.75) is 52.3 Å². The van der Waals surface area contributed by atoms with Crippen molar-refractivity contribution < 1.29 is 4.74 Å². The highest BCUT2D eigenvalue weighted by atomic mass is 16.5. The van der Waals surface area contributed by atoms with Crippen LogP contribution in [0.15, 0.2) is 48.5 Å². The molecule has 2 unspecified atom stereocenters. The van der Waals surface area contributed by atoms with Gasteiger partial charge >= 0.3 is 0 Å². The fourth-order valence-corrected chi connectivity index (χ4v) is 3.27. The van der Waals surface area contributed by atoms with Crippen LogP contribution in [0.5, 0.6) is 5.75 Å². The molecule has 0 amide bonds. The molecule has 0 N–H and O–H groups in total. The van der Waals surface area contributed by atoms with Crippen molar-refractivity contribution in [2.75, 3.05) is 4.90 Å². The van der Waals surface area contributed by atoms with Gasteiger partial charge in [-0.05, 0) is 63.4 Å². The van der Waals surface area contributed by atoms with Gasteiger partial charge in [-0.15, -0.1) is 0 Å². The summed E-state index contributed by atoms with van der Waals surface area (Å²) in [7, 11) is 0. The summed E-state index contributed by atoms with van der Waals surface area (Å²) in [5, 5.41) is 0. The van der Waals surface area contributed by atoms with E-state index < -0.39 is 0 Å². The molecular formula is C20H25NO. The van der Waals surface area contributed by atoms with Gasteiger partial charge < -0.3 is 9.64 Å². The van der Waals surface area contributed by atoms with Gasteiger partial charge in [-0.25, -0.2) is 0 Å². The maximum absolute atomic E-state index is 5.88. The first-order valence-electron chi connectivity index (χ1n) is 8.20. The third-order valence-corrected chi connectivity index (χ3v) is 4.61. The third-order valence-electron chi connectivity index (χ3n) is 4.61. The lowest BCUT2D eigenvalue weighted by molar-refractivity contribution is 0.306. The Morgan fingerprint density at radius 1 is 0.909 bits per heavy atom. The molecule has 1 saturated heterocycles. The van der Waals surface area contributed by atoms with Crippen LogP contribution in [0.2, 0.25) is 0 Å². The quantitative estimate of drug-likeness (QED) is 0.791. The smallest absolute Gasteiger partial charge is 0.119 e. The zero-order valence-electron chi connectivity index (χ0n) is 13.8. The second-order valence-electron chi connectivity index (χ2n) is 6.45. The number of hydrogen-bond donors (Lipinski definition) is 0. The molecule has 2 atom stereocenters. The Morgan fingerprint density at radius 3 is 2.09 bits per heavy atom. The summed E-state index contributed by atoms with van der Waals surface area (Å²) in [5.41, 5.74) is 3.79. The zero-order chi connectivity index (χ0) is 15.5. The van der Waals surface area contributed by atoms with E-state index in [1.807, 2.05) is 0 Å². The van der Waals surface area contributed by atoms with Crippen molar-refractivity contribution >= 4 is 5.69 Å². The van der Waals surface area contributed by atoms with Crippen LogP contribution in [0.4, 0.5) is 5.69 Å². The Bertz CT molecular complexity index is 593. The molecule has 0 radical (unpaired) electrons. The SMILES string of the molecule is Cc1ccc(COc2ccc(N3C(C)CCC3C)cc2)cc1. The number of hydrogen-bond acceptors (Lipinski definition) is 2. The fourth-order valence-electron chi connectivity index (χ4n) is 3.27. The minimum atomic E-state index is 0.621. The number of rotatable bonds is 4. The first kappa shape index (κ1) is 15.0. The van der Waals surface area contributed by atoms with E-state index in [1.54, 1.807) is 0 Å². The average Bonchev–Trinajstić information content (AvgIpc) is 2.86. The van der Waals surface area contributed by atoms with Gasteiger partial charge in [0, 0.05) is 17.8 Å². The summed E-state index contributed by atoms with van der Waals surface area (Å²) >= 11 is 0. The van der Waals surface area contributed by atoms with Gasteiger partial charge in [0.15, 0.2) is 0 Å². The number of nitrogens with zero attached hydrogens (tertiary/aromatic N) is 1. The third kappa shape index (κ3) is 3.27. The van der Waals surface area contributed by atoms with Gasteiger partial charge in [0.25, 0.3) is 0 Å². The second-order valence-corrected chi connectivity index (χ2v) is 6.45. The fraction of sp³-hybridized carbons (Fsp3) is 0.400. The van der Waals surface area contributed by atoms with Gasteiger partial charge in [0.05, 0.1) is 0 Å². The summed E-state index contributed by atoms with van der Waals surface area (Å²) < 4.78 is 5.88. The van der Waals surface area contributed by atoms with Gasteiger partial charge in [-0.2, -0.15) is 0 Å². The van der Waals surface area contributed by atoms with E-state index >= 15 is 0 Å². The molecule has 2 heteroatoms. The summed E-state index contributed by atoms with van der Waals surface area (Å²) in [6.07, 6.45) is 2.57. The van der Waals surface area contributed by atoms with Crippen LogP contribution in [0.25, 0.3) is 0 Å². The molecule has 1 aliphatic heterocycles.